The molecule has 0 aliphatic carbocycles. The molecule has 1 aromatic carbocycles. The summed E-state index contributed by atoms with van der Waals surface area (Å²) in [6.07, 6.45) is 0. The second-order valence-corrected chi connectivity index (χ2v) is 4.66. The van der Waals surface area contributed by atoms with Crippen molar-refractivity contribution in [2.75, 3.05) is 7.11 Å². The molecule has 4 nitrogen and oxygen atoms in total. The Hall–Kier alpha value is -1.33. The Morgan fingerprint density at radius 2 is 2.18 bits per heavy atom. The number of hydrogen-bond acceptors (Lipinski definition) is 4. The molecule has 1 atom stereocenters. The lowest BCUT2D eigenvalue weighted by Crippen LogP contribution is -2.02. The van der Waals surface area contributed by atoms with Crippen LogP contribution in [0.15, 0.2) is 33.3 Å². The van der Waals surface area contributed by atoms with Gasteiger partial charge in [0.15, 0.2) is 5.76 Å². The molecule has 0 saturated carbocycles. The second-order valence-electron chi connectivity index (χ2n) is 3.75. The zero-order chi connectivity index (χ0) is 12.4. The largest absolute Gasteiger partial charge is 0.496 e. The Morgan fingerprint density at radius 1 is 1.41 bits per heavy atom. The Morgan fingerprint density at radius 3 is 2.76 bits per heavy atom. The first kappa shape index (κ1) is 12.1. The quantitative estimate of drug-likeness (QED) is 0.945. The van der Waals surface area contributed by atoms with Gasteiger partial charge < -0.3 is 15.0 Å². The maximum absolute atomic E-state index is 5.73. The van der Waals surface area contributed by atoms with E-state index in [1.165, 1.54) is 0 Å². The standard InChI is InChI=1S/C12H13BrN2O2/c1-7(14)12-6-10(15-17-12)9-5-8(13)3-4-11(9)16-2/h3-7H,14H2,1-2H3. The van der Waals surface area contributed by atoms with Crippen LogP contribution < -0.4 is 10.5 Å². The average Bonchev–Trinajstić information content (AvgIpc) is 2.78. The normalized spacial score (nSPS) is 12.5. The van der Waals surface area contributed by atoms with Gasteiger partial charge in [-0.15, -0.1) is 0 Å². The van der Waals surface area contributed by atoms with Gasteiger partial charge >= 0.3 is 0 Å². The molecule has 0 saturated heterocycles. The number of ether oxygens (including phenoxy) is 1. The van der Waals surface area contributed by atoms with Gasteiger partial charge in [-0.2, -0.15) is 0 Å². The van der Waals surface area contributed by atoms with Crippen molar-refractivity contribution in [2.45, 2.75) is 13.0 Å². The predicted octanol–water partition coefficient (Wildman–Crippen LogP) is 3.13. The maximum atomic E-state index is 5.73. The van der Waals surface area contributed by atoms with Crippen molar-refractivity contribution in [1.82, 2.24) is 5.16 Å². The van der Waals surface area contributed by atoms with Crippen LogP contribution >= 0.6 is 15.9 Å². The van der Waals surface area contributed by atoms with Crippen molar-refractivity contribution in [1.29, 1.82) is 0 Å². The van der Waals surface area contributed by atoms with Gasteiger partial charge in [-0.1, -0.05) is 21.1 Å². The number of rotatable bonds is 3. The van der Waals surface area contributed by atoms with E-state index in [1.54, 1.807) is 7.11 Å². The molecule has 1 heterocycles. The van der Waals surface area contributed by atoms with Gasteiger partial charge in [0.25, 0.3) is 0 Å². The number of nitrogens with zero attached hydrogens (tertiary/aromatic N) is 1. The first-order valence-corrected chi connectivity index (χ1v) is 5.97. The summed E-state index contributed by atoms with van der Waals surface area (Å²) in [4.78, 5) is 0. The minimum atomic E-state index is -0.172. The Balaban J connectivity index is 2.47. The first-order valence-electron chi connectivity index (χ1n) is 5.18. The fourth-order valence-electron chi connectivity index (χ4n) is 1.51. The lowest BCUT2D eigenvalue weighted by atomic mass is 10.1. The molecule has 0 spiro atoms. The van der Waals surface area contributed by atoms with Crippen LogP contribution in [0.2, 0.25) is 0 Å². The van der Waals surface area contributed by atoms with E-state index in [9.17, 15) is 0 Å². The summed E-state index contributed by atoms with van der Waals surface area (Å²) < 4.78 is 11.4. The van der Waals surface area contributed by atoms with E-state index in [-0.39, 0.29) is 6.04 Å². The molecule has 1 aromatic heterocycles. The van der Waals surface area contributed by atoms with Crippen molar-refractivity contribution in [3.63, 3.8) is 0 Å². The number of benzene rings is 1. The van der Waals surface area contributed by atoms with E-state index in [2.05, 4.69) is 21.1 Å². The van der Waals surface area contributed by atoms with E-state index >= 15 is 0 Å². The highest BCUT2D eigenvalue weighted by molar-refractivity contribution is 9.10. The first-order chi connectivity index (χ1) is 8.11. The molecule has 17 heavy (non-hydrogen) atoms. The fraction of sp³-hybridized carbons (Fsp3) is 0.250. The number of aromatic nitrogens is 1. The summed E-state index contributed by atoms with van der Waals surface area (Å²) in [5, 5.41) is 4.00. The number of halogens is 1. The molecule has 2 aromatic rings. The number of nitrogens with two attached hydrogens (primary N) is 1. The molecule has 0 aliphatic rings. The summed E-state index contributed by atoms with van der Waals surface area (Å²) >= 11 is 3.42. The van der Waals surface area contributed by atoms with Crippen LogP contribution in [-0.2, 0) is 0 Å². The highest BCUT2D eigenvalue weighted by Crippen LogP contribution is 2.32. The summed E-state index contributed by atoms with van der Waals surface area (Å²) in [7, 11) is 1.62. The van der Waals surface area contributed by atoms with Crippen LogP contribution in [0.3, 0.4) is 0 Å². The molecule has 1 unspecified atom stereocenters. The Kier molecular flexibility index (Phi) is 3.49. The molecular weight excluding hydrogens is 284 g/mol. The number of methoxy groups -OCH3 is 1. The van der Waals surface area contributed by atoms with Crippen LogP contribution in [0.25, 0.3) is 11.3 Å². The third kappa shape index (κ3) is 2.50. The third-order valence-electron chi connectivity index (χ3n) is 2.41. The highest BCUT2D eigenvalue weighted by Gasteiger charge is 2.13. The summed E-state index contributed by atoms with van der Waals surface area (Å²) in [6.45, 7) is 1.85. The number of hydrogen-bond donors (Lipinski definition) is 1. The summed E-state index contributed by atoms with van der Waals surface area (Å²) in [5.41, 5.74) is 7.32. The third-order valence-corrected chi connectivity index (χ3v) is 2.91. The predicted molar refractivity (Wildman–Crippen MR) is 68.8 cm³/mol. The van der Waals surface area contributed by atoms with Gasteiger partial charge in [-0.25, -0.2) is 0 Å². The van der Waals surface area contributed by atoms with Crippen LogP contribution in [0.4, 0.5) is 0 Å². The maximum Gasteiger partial charge on any atom is 0.153 e. The summed E-state index contributed by atoms with van der Waals surface area (Å²) in [6, 6.07) is 7.37. The van der Waals surface area contributed by atoms with Crippen molar-refractivity contribution < 1.29 is 9.26 Å². The van der Waals surface area contributed by atoms with Gasteiger partial charge in [0.05, 0.1) is 13.2 Å². The lowest BCUT2D eigenvalue weighted by Gasteiger charge is -2.05. The van der Waals surface area contributed by atoms with Crippen molar-refractivity contribution in [2.24, 2.45) is 5.73 Å². The van der Waals surface area contributed by atoms with E-state index in [4.69, 9.17) is 15.0 Å². The second kappa shape index (κ2) is 4.89. The molecule has 0 amide bonds. The molecule has 2 rings (SSSR count). The molecular formula is C12H13BrN2O2. The van der Waals surface area contributed by atoms with Gasteiger partial charge in [0.1, 0.15) is 11.4 Å². The van der Waals surface area contributed by atoms with E-state index < -0.39 is 0 Å². The van der Waals surface area contributed by atoms with Crippen molar-refractivity contribution in [3.05, 3.63) is 34.5 Å². The van der Waals surface area contributed by atoms with Gasteiger partial charge in [-0.05, 0) is 25.1 Å². The molecule has 2 N–H and O–H groups in total. The average molecular weight is 297 g/mol. The molecule has 0 fully saturated rings. The minimum absolute atomic E-state index is 0.172. The zero-order valence-electron chi connectivity index (χ0n) is 9.61. The molecule has 0 bridgehead atoms. The molecule has 0 radical (unpaired) electrons. The highest BCUT2D eigenvalue weighted by atomic mass is 79.9. The molecule has 5 heteroatoms. The smallest absolute Gasteiger partial charge is 0.153 e. The lowest BCUT2D eigenvalue weighted by molar-refractivity contribution is 0.368. The topological polar surface area (TPSA) is 61.3 Å². The van der Waals surface area contributed by atoms with Gasteiger partial charge in [0, 0.05) is 16.1 Å². The Labute approximate surface area is 108 Å². The fourth-order valence-corrected chi connectivity index (χ4v) is 1.87. The van der Waals surface area contributed by atoms with Gasteiger partial charge in [-0.3, -0.25) is 0 Å². The van der Waals surface area contributed by atoms with Crippen LogP contribution in [0.1, 0.15) is 18.7 Å². The van der Waals surface area contributed by atoms with E-state index in [0.717, 1.165) is 21.5 Å². The summed E-state index contributed by atoms with van der Waals surface area (Å²) in [5.74, 6) is 1.40. The Bertz CT molecular complexity index is 523. The zero-order valence-corrected chi connectivity index (χ0v) is 11.2. The minimum Gasteiger partial charge on any atom is -0.496 e. The van der Waals surface area contributed by atoms with Crippen molar-refractivity contribution in [3.8, 4) is 17.0 Å². The van der Waals surface area contributed by atoms with Crippen LogP contribution in [-0.4, -0.2) is 12.3 Å². The van der Waals surface area contributed by atoms with Crippen molar-refractivity contribution >= 4 is 15.9 Å². The SMILES string of the molecule is COc1ccc(Br)cc1-c1cc(C(C)N)on1. The molecule has 0 aliphatic heterocycles. The van der Waals surface area contributed by atoms with E-state index in [0.29, 0.717) is 5.76 Å². The van der Waals surface area contributed by atoms with Crippen LogP contribution in [0.5, 0.6) is 5.75 Å². The monoisotopic (exact) mass is 296 g/mol. The van der Waals surface area contributed by atoms with Crippen LogP contribution in [0, 0.1) is 0 Å². The molecule has 90 valence electrons. The van der Waals surface area contributed by atoms with E-state index in [1.807, 2.05) is 31.2 Å². The van der Waals surface area contributed by atoms with Gasteiger partial charge in [0.2, 0.25) is 0 Å².